The average Bonchev–Trinajstić information content (AvgIpc) is 2.54. The highest BCUT2D eigenvalue weighted by molar-refractivity contribution is 6.05. The van der Waals surface area contributed by atoms with Crippen molar-refractivity contribution in [3.63, 3.8) is 0 Å². The van der Waals surface area contributed by atoms with E-state index in [0.717, 1.165) is 35.4 Å². The summed E-state index contributed by atoms with van der Waals surface area (Å²) in [6.07, 6.45) is 1.55. The molecule has 112 valence electrons. The fourth-order valence-electron chi connectivity index (χ4n) is 2.50. The van der Waals surface area contributed by atoms with Gasteiger partial charge in [-0.1, -0.05) is 0 Å². The summed E-state index contributed by atoms with van der Waals surface area (Å²) in [5.74, 6) is -0.387. The second kappa shape index (κ2) is 6.43. The van der Waals surface area contributed by atoms with E-state index in [4.69, 9.17) is 4.74 Å². The fraction of sp³-hybridized carbons (Fsp3) is 0.375. The number of ether oxygens (including phenoxy) is 1. The van der Waals surface area contributed by atoms with E-state index >= 15 is 0 Å². The number of benzene rings is 1. The molecule has 0 atom stereocenters. The first-order valence-electron chi connectivity index (χ1n) is 7.10. The van der Waals surface area contributed by atoms with Crippen LogP contribution in [0.4, 0.5) is 11.4 Å². The number of fused-ring (bicyclic) bond motifs is 1. The summed E-state index contributed by atoms with van der Waals surface area (Å²) in [6.45, 7) is 6.10. The number of carbonyl (C=O) groups excluding carboxylic acids is 1. The van der Waals surface area contributed by atoms with Crippen molar-refractivity contribution in [3.05, 3.63) is 30.0 Å². The van der Waals surface area contributed by atoms with Crippen molar-refractivity contribution < 1.29 is 9.53 Å². The molecule has 0 saturated carbocycles. The normalized spacial score (nSPS) is 10.5. The zero-order valence-corrected chi connectivity index (χ0v) is 12.9. The number of anilines is 2. The quantitative estimate of drug-likeness (QED) is 0.857. The number of pyridine rings is 1. The predicted octanol–water partition coefficient (Wildman–Crippen LogP) is 2.91. The van der Waals surface area contributed by atoms with Crippen LogP contribution in [0.25, 0.3) is 10.9 Å². The van der Waals surface area contributed by atoms with Crippen LogP contribution in [0.3, 0.4) is 0 Å². The van der Waals surface area contributed by atoms with Gasteiger partial charge in [-0.05, 0) is 32.0 Å². The second-order valence-electron chi connectivity index (χ2n) is 4.66. The van der Waals surface area contributed by atoms with E-state index in [9.17, 15) is 4.79 Å². The van der Waals surface area contributed by atoms with Crippen LogP contribution in [0, 0.1) is 0 Å². The summed E-state index contributed by atoms with van der Waals surface area (Å²) in [5, 5.41) is 4.02. The number of rotatable bonds is 5. The molecule has 5 nitrogen and oxygen atoms in total. The largest absolute Gasteiger partial charge is 0.465 e. The van der Waals surface area contributed by atoms with Gasteiger partial charge in [-0.3, -0.25) is 4.98 Å². The van der Waals surface area contributed by atoms with Gasteiger partial charge in [-0.25, -0.2) is 4.79 Å². The first kappa shape index (κ1) is 15.1. The molecule has 0 saturated heterocycles. The minimum atomic E-state index is -0.387. The molecule has 1 heterocycles. The van der Waals surface area contributed by atoms with Crippen molar-refractivity contribution >= 4 is 28.2 Å². The molecule has 0 spiro atoms. The van der Waals surface area contributed by atoms with Crippen molar-refractivity contribution in [2.45, 2.75) is 13.8 Å². The number of aromatic nitrogens is 1. The molecular formula is C16H21N3O2. The van der Waals surface area contributed by atoms with Crippen molar-refractivity contribution in [3.8, 4) is 0 Å². The maximum Gasteiger partial charge on any atom is 0.341 e. The summed E-state index contributed by atoms with van der Waals surface area (Å²) in [4.78, 5) is 18.5. The van der Waals surface area contributed by atoms with E-state index in [-0.39, 0.29) is 5.97 Å². The zero-order chi connectivity index (χ0) is 15.4. The molecule has 0 bridgehead atoms. The number of methoxy groups -OCH3 is 1. The van der Waals surface area contributed by atoms with Gasteiger partial charge in [0.1, 0.15) is 5.56 Å². The van der Waals surface area contributed by atoms with Gasteiger partial charge in [0.05, 0.1) is 18.3 Å². The van der Waals surface area contributed by atoms with Crippen molar-refractivity contribution in [2.24, 2.45) is 0 Å². The van der Waals surface area contributed by atoms with Crippen LogP contribution in [0.1, 0.15) is 24.2 Å². The van der Waals surface area contributed by atoms with Crippen molar-refractivity contribution in [1.82, 2.24) is 4.98 Å². The van der Waals surface area contributed by atoms with E-state index in [2.05, 4.69) is 41.2 Å². The highest BCUT2D eigenvalue weighted by Crippen LogP contribution is 2.29. The Morgan fingerprint density at radius 3 is 2.62 bits per heavy atom. The molecule has 2 aromatic rings. The Labute approximate surface area is 124 Å². The SMILES string of the molecule is CCN(CC)c1ccc2ncc(C(=O)OC)c(NC)c2c1. The summed E-state index contributed by atoms with van der Waals surface area (Å²) in [7, 11) is 3.17. The van der Waals surface area contributed by atoms with E-state index in [1.54, 1.807) is 13.2 Å². The Morgan fingerprint density at radius 1 is 1.33 bits per heavy atom. The maximum absolute atomic E-state index is 11.9. The Balaban J connectivity index is 2.65. The molecule has 0 aliphatic rings. The summed E-state index contributed by atoms with van der Waals surface area (Å²) >= 11 is 0. The lowest BCUT2D eigenvalue weighted by Gasteiger charge is -2.22. The van der Waals surface area contributed by atoms with Crippen LogP contribution in [0.15, 0.2) is 24.4 Å². The number of esters is 1. The van der Waals surface area contributed by atoms with Crippen LogP contribution in [-0.4, -0.2) is 38.2 Å². The lowest BCUT2D eigenvalue weighted by atomic mass is 10.1. The zero-order valence-electron chi connectivity index (χ0n) is 12.9. The first-order chi connectivity index (χ1) is 10.2. The third-order valence-electron chi connectivity index (χ3n) is 3.64. The smallest absolute Gasteiger partial charge is 0.341 e. The molecule has 21 heavy (non-hydrogen) atoms. The molecule has 0 unspecified atom stereocenters. The highest BCUT2D eigenvalue weighted by atomic mass is 16.5. The fourth-order valence-corrected chi connectivity index (χ4v) is 2.50. The molecule has 0 fully saturated rings. The Morgan fingerprint density at radius 2 is 2.05 bits per heavy atom. The molecule has 2 rings (SSSR count). The number of hydrogen-bond acceptors (Lipinski definition) is 5. The molecule has 1 N–H and O–H groups in total. The van der Waals surface area contributed by atoms with Crippen LogP contribution in [0.2, 0.25) is 0 Å². The van der Waals surface area contributed by atoms with Gasteiger partial charge in [-0.2, -0.15) is 0 Å². The van der Waals surface area contributed by atoms with Gasteiger partial charge in [0.15, 0.2) is 0 Å². The van der Waals surface area contributed by atoms with Crippen molar-refractivity contribution in [2.75, 3.05) is 37.5 Å². The van der Waals surface area contributed by atoms with Gasteiger partial charge in [0, 0.05) is 37.4 Å². The minimum absolute atomic E-state index is 0.387. The Hall–Kier alpha value is -2.30. The van der Waals surface area contributed by atoms with Gasteiger partial charge < -0.3 is 15.0 Å². The van der Waals surface area contributed by atoms with Gasteiger partial charge in [-0.15, -0.1) is 0 Å². The number of hydrogen-bond donors (Lipinski definition) is 1. The van der Waals surface area contributed by atoms with Gasteiger partial charge in [0.25, 0.3) is 0 Å². The topological polar surface area (TPSA) is 54.5 Å². The van der Waals surface area contributed by atoms with Crippen LogP contribution >= 0.6 is 0 Å². The number of nitrogens with zero attached hydrogens (tertiary/aromatic N) is 2. The summed E-state index contributed by atoms with van der Waals surface area (Å²) in [6, 6.07) is 6.10. The molecular weight excluding hydrogens is 266 g/mol. The lowest BCUT2D eigenvalue weighted by Crippen LogP contribution is -2.21. The monoisotopic (exact) mass is 287 g/mol. The van der Waals surface area contributed by atoms with E-state index in [1.807, 2.05) is 6.07 Å². The Bertz CT molecular complexity index is 651. The third-order valence-corrected chi connectivity index (χ3v) is 3.64. The molecule has 0 aliphatic heterocycles. The van der Waals surface area contributed by atoms with Crippen LogP contribution < -0.4 is 10.2 Å². The predicted molar refractivity (Wildman–Crippen MR) is 86.2 cm³/mol. The maximum atomic E-state index is 11.9. The van der Waals surface area contributed by atoms with Crippen molar-refractivity contribution in [1.29, 1.82) is 0 Å². The Kier molecular flexibility index (Phi) is 4.62. The van der Waals surface area contributed by atoms with E-state index in [1.165, 1.54) is 7.11 Å². The molecule has 0 aliphatic carbocycles. The second-order valence-corrected chi connectivity index (χ2v) is 4.66. The van der Waals surface area contributed by atoms with E-state index in [0.29, 0.717) is 5.56 Å². The van der Waals surface area contributed by atoms with Gasteiger partial charge >= 0.3 is 5.97 Å². The average molecular weight is 287 g/mol. The van der Waals surface area contributed by atoms with Crippen LogP contribution in [0.5, 0.6) is 0 Å². The van der Waals surface area contributed by atoms with Gasteiger partial charge in [0.2, 0.25) is 0 Å². The number of nitrogens with one attached hydrogen (secondary N) is 1. The molecule has 5 heteroatoms. The summed E-state index contributed by atoms with van der Waals surface area (Å²) < 4.78 is 4.82. The minimum Gasteiger partial charge on any atom is -0.465 e. The highest BCUT2D eigenvalue weighted by Gasteiger charge is 2.16. The molecule has 0 amide bonds. The first-order valence-corrected chi connectivity index (χ1v) is 7.10. The van der Waals surface area contributed by atoms with Crippen LogP contribution in [-0.2, 0) is 4.74 Å². The molecule has 1 aromatic heterocycles. The molecule has 1 aromatic carbocycles. The van der Waals surface area contributed by atoms with E-state index < -0.39 is 0 Å². The lowest BCUT2D eigenvalue weighted by molar-refractivity contribution is 0.0601. The standard InChI is InChI=1S/C16H21N3O2/c1-5-19(6-2)11-7-8-14-12(9-11)15(17-3)13(10-18-14)16(20)21-4/h7-10H,5-6H2,1-4H3,(H,17,18). The number of carbonyl (C=O) groups is 1. The third kappa shape index (κ3) is 2.77. The summed E-state index contributed by atoms with van der Waals surface area (Å²) in [5.41, 5.74) is 3.17. The molecule has 0 radical (unpaired) electrons.